The number of hydrogen-bond donors (Lipinski definition) is 4. The molecule has 8 heteroatoms. The number of aromatic amines is 2. The van der Waals surface area contributed by atoms with Gasteiger partial charge in [-0.05, 0) is 26.0 Å². The van der Waals surface area contributed by atoms with E-state index in [1.165, 1.54) is 0 Å². The van der Waals surface area contributed by atoms with Crippen molar-refractivity contribution in [3.05, 3.63) is 60.7 Å². The van der Waals surface area contributed by atoms with Crippen molar-refractivity contribution in [1.82, 2.24) is 35.2 Å². The van der Waals surface area contributed by atoms with Gasteiger partial charge in [0, 0.05) is 23.5 Å². The van der Waals surface area contributed by atoms with Crippen LogP contribution in [0.2, 0.25) is 0 Å². The lowest BCUT2D eigenvalue weighted by atomic mass is 10.1. The average molecular weight is 403 g/mol. The van der Waals surface area contributed by atoms with Crippen molar-refractivity contribution >= 4 is 0 Å². The summed E-state index contributed by atoms with van der Waals surface area (Å²) in [6.07, 6.45) is 8.18. The van der Waals surface area contributed by atoms with Gasteiger partial charge in [-0.25, -0.2) is 19.9 Å². The predicted molar refractivity (Wildman–Crippen MR) is 117 cm³/mol. The zero-order valence-electron chi connectivity index (χ0n) is 17.3. The van der Waals surface area contributed by atoms with Gasteiger partial charge >= 0.3 is 0 Å². The number of nitrogens with two attached hydrogens (primary N) is 1. The number of nitrogens with zero attached hydrogens (tertiary/aromatic N) is 4. The molecule has 0 saturated carbocycles. The molecule has 0 aliphatic heterocycles. The summed E-state index contributed by atoms with van der Waals surface area (Å²) in [5, 5.41) is 3.26. The van der Waals surface area contributed by atoms with Crippen LogP contribution in [0.1, 0.15) is 44.0 Å². The Labute approximate surface area is 175 Å². The van der Waals surface area contributed by atoms with E-state index in [2.05, 4.69) is 42.1 Å². The molecular formula is C22H26N8. The Morgan fingerprint density at radius 3 is 1.97 bits per heavy atom. The van der Waals surface area contributed by atoms with Gasteiger partial charge in [0.25, 0.3) is 0 Å². The molecule has 3 heterocycles. The Morgan fingerprint density at radius 2 is 1.40 bits per heavy atom. The van der Waals surface area contributed by atoms with Crippen molar-refractivity contribution in [3.8, 4) is 33.9 Å². The second-order valence-electron chi connectivity index (χ2n) is 7.28. The first-order valence-corrected chi connectivity index (χ1v) is 10.0. The molecule has 5 N–H and O–H groups in total. The molecule has 0 saturated heterocycles. The minimum absolute atomic E-state index is 0.144. The van der Waals surface area contributed by atoms with Crippen LogP contribution in [0.3, 0.4) is 0 Å². The molecule has 30 heavy (non-hydrogen) atoms. The molecule has 0 spiro atoms. The number of rotatable bonds is 7. The first-order chi connectivity index (χ1) is 14.6. The molecule has 3 aromatic heterocycles. The van der Waals surface area contributed by atoms with Crippen LogP contribution in [0.25, 0.3) is 33.9 Å². The lowest BCUT2D eigenvalue weighted by molar-refractivity contribution is 0.550. The Hall–Kier alpha value is -3.36. The highest BCUT2D eigenvalue weighted by molar-refractivity contribution is 5.66. The normalized spacial score (nSPS) is 13.3. The average Bonchev–Trinajstić information content (AvgIpc) is 3.46. The van der Waals surface area contributed by atoms with Crippen LogP contribution in [0, 0.1) is 0 Å². The third kappa shape index (κ3) is 4.00. The van der Waals surface area contributed by atoms with Gasteiger partial charge in [0.05, 0.1) is 35.9 Å². The molecule has 0 aliphatic rings. The zero-order chi connectivity index (χ0) is 21.1. The standard InChI is InChI=1S/C22H26N8/c1-4-17(24-3)22-28-11-18(30-22)14-5-7-15(8-6-14)21-25-9-16(10-26-21)19-12-27-20(29-19)13(2)23/h5-13,17,24H,4,23H2,1-3H3,(H,27,29)(H,28,30)/t13-,17-/m0/s1. The summed E-state index contributed by atoms with van der Waals surface area (Å²) < 4.78 is 0. The maximum atomic E-state index is 5.86. The highest BCUT2D eigenvalue weighted by atomic mass is 15.0. The Kier molecular flexibility index (Phi) is 5.69. The smallest absolute Gasteiger partial charge is 0.159 e. The van der Waals surface area contributed by atoms with E-state index in [0.29, 0.717) is 5.82 Å². The van der Waals surface area contributed by atoms with Crippen LogP contribution >= 0.6 is 0 Å². The van der Waals surface area contributed by atoms with Crippen molar-refractivity contribution in [1.29, 1.82) is 0 Å². The quantitative estimate of drug-likeness (QED) is 0.375. The summed E-state index contributed by atoms with van der Waals surface area (Å²) in [5.41, 5.74) is 10.6. The maximum absolute atomic E-state index is 5.86. The minimum Gasteiger partial charge on any atom is -0.341 e. The SMILES string of the molecule is CC[C@H](NC)c1ncc(-c2ccc(-c3ncc(-c4cnc([C@H](C)N)[nH]4)cn3)cc2)[nH]1. The Balaban J connectivity index is 1.51. The summed E-state index contributed by atoms with van der Waals surface area (Å²) in [4.78, 5) is 24.4. The number of hydrogen-bond acceptors (Lipinski definition) is 6. The molecule has 0 unspecified atom stereocenters. The highest BCUT2D eigenvalue weighted by Gasteiger charge is 2.12. The highest BCUT2D eigenvalue weighted by Crippen LogP contribution is 2.24. The summed E-state index contributed by atoms with van der Waals surface area (Å²) in [7, 11) is 1.94. The van der Waals surface area contributed by atoms with E-state index >= 15 is 0 Å². The number of H-pyrrole nitrogens is 2. The first-order valence-electron chi connectivity index (χ1n) is 10.0. The van der Waals surface area contributed by atoms with Crippen molar-refractivity contribution in [3.63, 3.8) is 0 Å². The number of imidazole rings is 2. The number of nitrogens with one attached hydrogen (secondary N) is 3. The van der Waals surface area contributed by atoms with Gasteiger partial charge in [-0.1, -0.05) is 31.2 Å². The second kappa shape index (κ2) is 8.56. The Morgan fingerprint density at radius 1 is 0.833 bits per heavy atom. The second-order valence-corrected chi connectivity index (χ2v) is 7.28. The Bertz CT molecular complexity index is 1090. The predicted octanol–water partition coefficient (Wildman–Crippen LogP) is 3.61. The molecule has 0 radical (unpaired) electrons. The van der Waals surface area contributed by atoms with Crippen molar-refractivity contribution in [2.75, 3.05) is 7.05 Å². The molecule has 2 atom stereocenters. The van der Waals surface area contributed by atoms with Crippen molar-refractivity contribution in [2.24, 2.45) is 5.73 Å². The molecule has 4 rings (SSSR count). The van der Waals surface area contributed by atoms with Crippen LogP contribution in [0.5, 0.6) is 0 Å². The van der Waals surface area contributed by atoms with Gasteiger partial charge < -0.3 is 21.0 Å². The summed E-state index contributed by atoms with van der Waals surface area (Å²) in [5.74, 6) is 2.36. The molecule has 0 fully saturated rings. The van der Waals surface area contributed by atoms with Crippen LogP contribution in [0.15, 0.2) is 49.1 Å². The van der Waals surface area contributed by atoms with Crippen LogP contribution < -0.4 is 11.1 Å². The number of aromatic nitrogens is 6. The molecule has 0 bridgehead atoms. The fourth-order valence-corrected chi connectivity index (χ4v) is 3.32. The third-order valence-electron chi connectivity index (χ3n) is 5.13. The topological polar surface area (TPSA) is 121 Å². The van der Waals surface area contributed by atoms with Crippen molar-refractivity contribution in [2.45, 2.75) is 32.4 Å². The van der Waals surface area contributed by atoms with Crippen LogP contribution in [0.4, 0.5) is 0 Å². The third-order valence-corrected chi connectivity index (χ3v) is 5.13. The fraction of sp³-hybridized carbons (Fsp3) is 0.273. The van der Waals surface area contributed by atoms with E-state index in [1.54, 1.807) is 18.6 Å². The van der Waals surface area contributed by atoms with E-state index in [-0.39, 0.29) is 12.1 Å². The molecule has 8 nitrogen and oxygen atoms in total. The summed E-state index contributed by atoms with van der Waals surface area (Å²) >= 11 is 0. The van der Waals surface area contributed by atoms with Gasteiger partial charge in [0.15, 0.2) is 5.82 Å². The molecule has 0 amide bonds. The van der Waals surface area contributed by atoms with E-state index < -0.39 is 0 Å². The van der Waals surface area contributed by atoms with E-state index in [0.717, 1.165) is 46.1 Å². The lowest BCUT2D eigenvalue weighted by Gasteiger charge is -2.09. The summed E-state index contributed by atoms with van der Waals surface area (Å²) in [6.45, 7) is 4.02. The fourth-order valence-electron chi connectivity index (χ4n) is 3.32. The van der Waals surface area contributed by atoms with Gasteiger partial charge in [0.2, 0.25) is 0 Å². The first kappa shape index (κ1) is 19.9. The largest absolute Gasteiger partial charge is 0.341 e. The van der Waals surface area contributed by atoms with E-state index in [1.807, 2.05) is 44.4 Å². The molecule has 154 valence electrons. The molecule has 0 aliphatic carbocycles. The van der Waals surface area contributed by atoms with Gasteiger partial charge in [-0.2, -0.15) is 0 Å². The number of benzene rings is 1. The van der Waals surface area contributed by atoms with Crippen LogP contribution in [-0.4, -0.2) is 37.0 Å². The van der Waals surface area contributed by atoms with Gasteiger partial charge in [-0.15, -0.1) is 0 Å². The lowest BCUT2D eigenvalue weighted by Crippen LogP contribution is -2.16. The monoisotopic (exact) mass is 402 g/mol. The van der Waals surface area contributed by atoms with E-state index in [4.69, 9.17) is 5.73 Å². The molecular weight excluding hydrogens is 376 g/mol. The van der Waals surface area contributed by atoms with Crippen molar-refractivity contribution < 1.29 is 0 Å². The molecule has 1 aromatic carbocycles. The zero-order valence-corrected chi connectivity index (χ0v) is 17.3. The molecule has 4 aromatic rings. The summed E-state index contributed by atoms with van der Waals surface area (Å²) in [6, 6.07) is 8.22. The minimum atomic E-state index is -0.144. The van der Waals surface area contributed by atoms with Gasteiger partial charge in [-0.3, -0.25) is 0 Å². The van der Waals surface area contributed by atoms with Crippen LogP contribution in [-0.2, 0) is 0 Å². The van der Waals surface area contributed by atoms with Gasteiger partial charge in [0.1, 0.15) is 11.6 Å². The maximum Gasteiger partial charge on any atom is 0.159 e. The van der Waals surface area contributed by atoms with E-state index in [9.17, 15) is 0 Å².